The van der Waals surface area contributed by atoms with E-state index in [4.69, 9.17) is 11.5 Å². The topological polar surface area (TPSA) is 58.9 Å². The number of aliphatic hydroxyl groups excluding tert-OH is 1. The van der Waals surface area contributed by atoms with Crippen molar-refractivity contribution in [1.82, 2.24) is 15.0 Å². The Balaban J connectivity index is 0.000000270. The van der Waals surface area contributed by atoms with Gasteiger partial charge in [-0.2, -0.15) is 0 Å². The fourth-order valence-electron chi connectivity index (χ4n) is 2.37. The predicted octanol–water partition coefficient (Wildman–Crippen LogP) is 6.29. The number of nitrogens with zero attached hydrogens (tertiary/aromatic N) is 3. The SMILES string of the molecule is CO.[C-]#Cc1ccccc1.[F][Ru+].c1cc2nc(c1)Sc1cccc(n1)Sc1cccc(n1)S2. The minimum absolute atomic E-state index is 0.826. The first-order chi connectivity index (χ1) is 16.3. The van der Waals surface area contributed by atoms with E-state index in [2.05, 4.69) is 20.9 Å². The standard InChI is InChI=1S/C15H9N3S3.C8H5.CH4O.FH.Ru/c1-4-10-16-11(5-1)20-13-7-3-9-15(18-13)21-14-8-2-6-12(17-14)19-10;1-2-8-6-4-3-5-7-8;1-2;;/h1-9H;3-7H;2H,1H3;1H;/q;-1;;;+2/p-1. The summed E-state index contributed by atoms with van der Waals surface area (Å²) in [4.78, 5) is 14.0. The van der Waals surface area contributed by atoms with Crippen molar-refractivity contribution in [3.63, 3.8) is 0 Å². The summed E-state index contributed by atoms with van der Waals surface area (Å²) in [5.74, 6) is 2.28. The van der Waals surface area contributed by atoms with Crippen LogP contribution < -0.4 is 0 Å². The largest absolute Gasteiger partial charge is 0.234 e. The summed E-state index contributed by atoms with van der Waals surface area (Å²) in [5.41, 5.74) is 0.826. The van der Waals surface area contributed by atoms with Gasteiger partial charge in [0.25, 0.3) is 0 Å². The molecule has 1 aromatic carbocycles. The van der Waals surface area contributed by atoms with E-state index >= 15 is 0 Å². The summed E-state index contributed by atoms with van der Waals surface area (Å²) < 4.78 is 9.43. The molecule has 4 aromatic rings. The van der Waals surface area contributed by atoms with E-state index in [9.17, 15) is 3.32 Å². The van der Waals surface area contributed by atoms with Crippen LogP contribution in [-0.2, 0) is 18.8 Å². The number of hydrogen-bond acceptors (Lipinski definition) is 7. The van der Waals surface area contributed by atoms with E-state index < -0.39 is 0 Å². The summed E-state index contributed by atoms with van der Waals surface area (Å²) in [6.45, 7) is 0. The second-order valence-electron chi connectivity index (χ2n) is 5.74. The van der Waals surface area contributed by atoms with Crippen molar-refractivity contribution in [2.24, 2.45) is 0 Å². The van der Waals surface area contributed by atoms with Crippen molar-refractivity contribution in [2.45, 2.75) is 30.2 Å². The van der Waals surface area contributed by atoms with E-state index in [1.807, 2.05) is 84.9 Å². The van der Waals surface area contributed by atoms with Crippen LogP contribution in [0.15, 0.2) is 115 Å². The molecule has 1 N–H and O–H groups in total. The maximum atomic E-state index is 9.43. The second kappa shape index (κ2) is 15.6. The molecule has 168 valence electrons. The average Bonchev–Trinajstić information content (AvgIpc) is 2.88. The molecule has 9 heteroatoms. The molecule has 0 amide bonds. The van der Waals surface area contributed by atoms with Crippen molar-refractivity contribution in [3.8, 4) is 5.92 Å². The zero-order chi connectivity index (χ0) is 23.9. The summed E-state index contributed by atoms with van der Waals surface area (Å²) in [5, 5.41) is 12.7. The van der Waals surface area contributed by atoms with Crippen molar-refractivity contribution in [3.05, 3.63) is 96.9 Å². The molecule has 0 aliphatic carbocycles. The number of aliphatic hydroxyl groups is 1. The first kappa shape index (κ1) is 27.0. The molecule has 0 fully saturated rings. The van der Waals surface area contributed by atoms with Crippen LogP contribution in [0.1, 0.15) is 5.56 Å². The van der Waals surface area contributed by atoms with E-state index in [0.717, 1.165) is 61.6 Å². The molecule has 33 heavy (non-hydrogen) atoms. The number of fused-ring (bicyclic) bond motifs is 6. The summed E-state index contributed by atoms with van der Waals surface area (Å²) >= 11 is 5.60. The minimum atomic E-state index is 0.826. The van der Waals surface area contributed by atoms with E-state index in [0.29, 0.717) is 0 Å². The van der Waals surface area contributed by atoms with Gasteiger partial charge >= 0.3 is 22.1 Å². The van der Waals surface area contributed by atoms with Gasteiger partial charge in [-0.25, -0.2) is 15.0 Å². The van der Waals surface area contributed by atoms with Crippen molar-refractivity contribution in [2.75, 3.05) is 7.11 Å². The molecule has 1 aliphatic rings. The van der Waals surface area contributed by atoms with Gasteiger partial charge in [-0.05, 0) is 36.4 Å². The van der Waals surface area contributed by atoms with E-state index in [1.165, 1.54) is 0 Å². The smallest absolute Gasteiger partial charge is 0.104 e. The average molecular weight is 581 g/mol. The molecule has 4 nitrogen and oxygen atoms in total. The van der Waals surface area contributed by atoms with Crippen LogP contribution in [0.2, 0.25) is 0 Å². The fraction of sp³-hybridized carbons (Fsp3) is 0.0417. The summed E-state index contributed by atoms with van der Waals surface area (Å²) in [6.07, 6.45) is 6.69. The maximum Gasteiger partial charge on any atom is 0.104 e. The quantitative estimate of drug-likeness (QED) is 0.131. The van der Waals surface area contributed by atoms with Crippen LogP contribution >= 0.6 is 35.3 Å². The minimum Gasteiger partial charge on any atom is -0.234 e. The van der Waals surface area contributed by atoms with Crippen LogP contribution in [-0.4, -0.2) is 27.2 Å². The molecule has 5 rings (SSSR count). The first-order valence-corrected chi connectivity index (χ1v) is 12.4. The van der Waals surface area contributed by atoms with Gasteiger partial charge in [0.2, 0.25) is 0 Å². The van der Waals surface area contributed by atoms with Gasteiger partial charge in [-0.15, -0.1) is 17.7 Å². The Morgan fingerprint density at radius 2 is 0.909 bits per heavy atom. The Labute approximate surface area is 216 Å². The Morgan fingerprint density at radius 3 is 1.15 bits per heavy atom. The van der Waals surface area contributed by atoms with Gasteiger partial charge in [0, 0.05) is 7.11 Å². The number of aromatic nitrogens is 3. The molecule has 0 spiro atoms. The Kier molecular flexibility index (Phi) is 12.8. The van der Waals surface area contributed by atoms with Crippen molar-refractivity contribution >= 4 is 35.3 Å². The molecular formula is C24H18FN3ORuS3. The van der Waals surface area contributed by atoms with Gasteiger partial charge in [-0.1, -0.05) is 71.7 Å². The normalized spacial score (nSPS) is 10.6. The Morgan fingerprint density at radius 1 is 0.606 bits per heavy atom. The second-order valence-corrected chi connectivity index (χ2v) is 8.86. The van der Waals surface area contributed by atoms with E-state index in [1.54, 1.807) is 35.3 Å². The van der Waals surface area contributed by atoms with Crippen molar-refractivity contribution in [1.29, 1.82) is 0 Å². The third-order valence-electron chi connectivity index (χ3n) is 3.64. The number of pyridine rings is 3. The van der Waals surface area contributed by atoms with Gasteiger partial charge in [-0.3, -0.25) is 5.92 Å². The fourth-order valence-corrected chi connectivity index (χ4v) is 4.93. The Hall–Kier alpha value is -2.21. The Bertz CT molecular complexity index is 1020. The predicted molar refractivity (Wildman–Crippen MR) is 127 cm³/mol. The first-order valence-electron chi connectivity index (χ1n) is 9.29. The molecule has 4 heterocycles. The zero-order valence-electron chi connectivity index (χ0n) is 17.3. The molecule has 0 unspecified atom stereocenters. The van der Waals surface area contributed by atoms with Crippen LogP contribution in [0.3, 0.4) is 0 Å². The number of hydrogen-bond donors (Lipinski definition) is 1. The monoisotopic (exact) mass is 581 g/mol. The van der Waals surface area contributed by atoms with Crippen molar-refractivity contribution < 1.29 is 27.2 Å². The van der Waals surface area contributed by atoms with Gasteiger partial charge < -0.3 is 11.5 Å². The number of rotatable bonds is 0. The number of halogens is 1. The third-order valence-corrected chi connectivity index (χ3v) is 6.26. The summed E-state index contributed by atoms with van der Waals surface area (Å²) in [7, 11) is 1.00. The van der Waals surface area contributed by atoms with Crippen LogP contribution in [0.4, 0.5) is 3.32 Å². The molecule has 6 bridgehead atoms. The molecule has 1 aliphatic heterocycles. The molecule has 0 atom stereocenters. The molecule has 0 saturated heterocycles. The molecule has 0 radical (unpaired) electrons. The van der Waals surface area contributed by atoms with Crippen LogP contribution in [0.5, 0.6) is 0 Å². The van der Waals surface area contributed by atoms with Gasteiger partial charge in [0.05, 0.1) is 0 Å². The van der Waals surface area contributed by atoms with Crippen LogP contribution in [0, 0.1) is 12.3 Å². The van der Waals surface area contributed by atoms with Gasteiger partial charge in [0.15, 0.2) is 0 Å². The van der Waals surface area contributed by atoms with Gasteiger partial charge in [0.1, 0.15) is 30.2 Å². The zero-order valence-corrected chi connectivity index (χ0v) is 21.5. The summed E-state index contributed by atoms with van der Waals surface area (Å²) in [6, 6.07) is 27.5. The van der Waals surface area contributed by atoms with E-state index in [-0.39, 0.29) is 0 Å². The van der Waals surface area contributed by atoms with Crippen LogP contribution in [0.25, 0.3) is 0 Å². The maximum absolute atomic E-state index is 9.43. The molecular weight excluding hydrogens is 563 g/mol. The number of benzene rings is 1. The molecule has 3 aromatic heterocycles. The third kappa shape index (κ3) is 9.28. The molecule has 0 saturated carbocycles.